The summed E-state index contributed by atoms with van der Waals surface area (Å²) >= 11 is 0. The molecule has 0 aliphatic carbocycles. The average molecular weight is 247 g/mol. The van der Waals surface area contributed by atoms with Crippen molar-refractivity contribution in [3.05, 3.63) is 29.3 Å². The molecule has 0 atom stereocenters. The van der Waals surface area contributed by atoms with E-state index >= 15 is 0 Å². The number of benzene rings is 1. The van der Waals surface area contributed by atoms with E-state index in [0.29, 0.717) is 5.96 Å². The number of hydrogen-bond donors (Lipinski definition) is 2. The van der Waals surface area contributed by atoms with Gasteiger partial charge in [-0.3, -0.25) is 4.99 Å². The van der Waals surface area contributed by atoms with Gasteiger partial charge < -0.3 is 11.1 Å². The van der Waals surface area contributed by atoms with Crippen molar-refractivity contribution in [2.75, 3.05) is 11.9 Å². The van der Waals surface area contributed by atoms with Crippen LogP contribution in [-0.4, -0.2) is 12.5 Å². The highest BCUT2D eigenvalue weighted by Crippen LogP contribution is 2.22. The fourth-order valence-electron chi connectivity index (χ4n) is 1.93. The quantitative estimate of drug-likeness (QED) is 0.460. The van der Waals surface area contributed by atoms with Crippen LogP contribution in [-0.2, 0) is 12.8 Å². The molecule has 0 saturated heterocycles. The third-order valence-corrected chi connectivity index (χ3v) is 3.05. The summed E-state index contributed by atoms with van der Waals surface area (Å²) in [7, 11) is 0. The Bertz CT molecular complexity index is 374. The van der Waals surface area contributed by atoms with Crippen molar-refractivity contribution in [1.82, 2.24) is 0 Å². The highest BCUT2D eigenvalue weighted by atomic mass is 15.1. The van der Waals surface area contributed by atoms with E-state index in [1.165, 1.54) is 11.1 Å². The first-order chi connectivity index (χ1) is 8.72. The van der Waals surface area contributed by atoms with Crippen molar-refractivity contribution in [2.45, 2.75) is 46.5 Å². The molecule has 0 unspecified atom stereocenters. The lowest BCUT2D eigenvalue weighted by atomic mass is 10.0. The molecule has 0 saturated carbocycles. The van der Waals surface area contributed by atoms with Gasteiger partial charge in [-0.25, -0.2) is 0 Å². The summed E-state index contributed by atoms with van der Waals surface area (Å²) in [6, 6.07) is 6.38. The minimum absolute atomic E-state index is 0.527. The maximum Gasteiger partial charge on any atom is 0.193 e. The van der Waals surface area contributed by atoms with Gasteiger partial charge >= 0.3 is 0 Å². The molecule has 0 spiro atoms. The monoisotopic (exact) mass is 247 g/mol. The molecule has 18 heavy (non-hydrogen) atoms. The zero-order chi connectivity index (χ0) is 13.4. The molecule has 0 heterocycles. The Kier molecular flexibility index (Phi) is 6.26. The SMILES string of the molecule is CCCCN=C(N)Nc1c(CC)cccc1CC. The van der Waals surface area contributed by atoms with Crippen LogP contribution in [0, 0.1) is 0 Å². The second-order valence-electron chi connectivity index (χ2n) is 4.40. The number of para-hydroxylation sites is 1. The standard InChI is InChI=1S/C15H25N3/c1-4-7-11-17-15(16)18-14-12(5-2)9-8-10-13(14)6-3/h8-10H,4-7,11H2,1-3H3,(H3,16,17,18). The van der Waals surface area contributed by atoms with Crippen LogP contribution in [0.15, 0.2) is 23.2 Å². The molecule has 3 heteroatoms. The van der Waals surface area contributed by atoms with Crippen LogP contribution in [0.3, 0.4) is 0 Å². The van der Waals surface area contributed by atoms with E-state index in [2.05, 4.69) is 49.3 Å². The Morgan fingerprint density at radius 2 is 1.78 bits per heavy atom. The molecule has 0 aromatic heterocycles. The molecule has 0 aliphatic heterocycles. The Morgan fingerprint density at radius 1 is 1.17 bits per heavy atom. The Balaban J connectivity index is 2.84. The van der Waals surface area contributed by atoms with Gasteiger partial charge in [-0.1, -0.05) is 45.4 Å². The fraction of sp³-hybridized carbons (Fsp3) is 0.533. The molecule has 0 bridgehead atoms. The van der Waals surface area contributed by atoms with Gasteiger partial charge in [-0.15, -0.1) is 0 Å². The zero-order valence-corrected chi connectivity index (χ0v) is 11.8. The average Bonchev–Trinajstić information content (AvgIpc) is 2.39. The van der Waals surface area contributed by atoms with Gasteiger partial charge in [-0.05, 0) is 30.4 Å². The molecule has 100 valence electrons. The molecule has 1 aromatic carbocycles. The minimum Gasteiger partial charge on any atom is -0.370 e. The van der Waals surface area contributed by atoms with Gasteiger partial charge in [0.25, 0.3) is 0 Å². The third kappa shape index (κ3) is 4.06. The van der Waals surface area contributed by atoms with E-state index in [-0.39, 0.29) is 0 Å². The minimum atomic E-state index is 0.527. The summed E-state index contributed by atoms with van der Waals surface area (Å²) < 4.78 is 0. The van der Waals surface area contributed by atoms with Gasteiger partial charge in [0, 0.05) is 12.2 Å². The van der Waals surface area contributed by atoms with E-state index in [1.54, 1.807) is 0 Å². The Hall–Kier alpha value is -1.51. The summed E-state index contributed by atoms with van der Waals surface area (Å²) in [5, 5.41) is 3.27. The summed E-state index contributed by atoms with van der Waals surface area (Å²) in [4.78, 5) is 4.34. The number of rotatable bonds is 6. The number of aryl methyl sites for hydroxylation is 2. The lowest BCUT2D eigenvalue weighted by Gasteiger charge is -2.14. The first kappa shape index (κ1) is 14.6. The van der Waals surface area contributed by atoms with Crippen LogP contribution < -0.4 is 11.1 Å². The normalized spacial score (nSPS) is 11.6. The summed E-state index contributed by atoms with van der Waals surface area (Å²) in [5.74, 6) is 0.527. The second-order valence-corrected chi connectivity index (χ2v) is 4.40. The van der Waals surface area contributed by atoms with Crippen molar-refractivity contribution in [1.29, 1.82) is 0 Å². The van der Waals surface area contributed by atoms with Crippen LogP contribution in [0.25, 0.3) is 0 Å². The van der Waals surface area contributed by atoms with Crippen molar-refractivity contribution in [2.24, 2.45) is 10.7 Å². The van der Waals surface area contributed by atoms with Crippen LogP contribution in [0.5, 0.6) is 0 Å². The van der Waals surface area contributed by atoms with E-state index in [0.717, 1.165) is 37.9 Å². The molecule has 0 amide bonds. The van der Waals surface area contributed by atoms with E-state index in [1.807, 2.05) is 0 Å². The molecule has 3 N–H and O–H groups in total. The van der Waals surface area contributed by atoms with Gasteiger partial charge in [0.1, 0.15) is 0 Å². The predicted octanol–water partition coefficient (Wildman–Crippen LogP) is 3.34. The topological polar surface area (TPSA) is 50.4 Å². The Labute approximate surface area is 111 Å². The van der Waals surface area contributed by atoms with Crippen LogP contribution in [0.1, 0.15) is 44.7 Å². The number of aliphatic imine (C=N–C) groups is 1. The van der Waals surface area contributed by atoms with Crippen molar-refractivity contribution < 1.29 is 0 Å². The highest BCUT2D eigenvalue weighted by Gasteiger charge is 2.06. The van der Waals surface area contributed by atoms with E-state index < -0.39 is 0 Å². The Morgan fingerprint density at radius 3 is 2.28 bits per heavy atom. The van der Waals surface area contributed by atoms with Gasteiger partial charge in [-0.2, -0.15) is 0 Å². The molecule has 1 rings (SSSR count). The van der Waals surface area contributed by atoms with Crippen molar-refractivity contribution in [3.8, 4) is 0 Å². The molecule has 1 aromatic rings. The zero-order valence-electron chi connectivity index (χ0n) is 11.8. The predicted molar refractivity (Wildman–Crippen MR) is 80.2 cm³/mol. The smallest absolute Gasteiger partial charge is 0.193 e. The molecule has 0 radical (unpaired) electrons. The van der Waals surface area contributed by atoms with Crippen molar-refractivity contribution >= 4 is 11.6 Å². The summed E-state index contributed by atoms with van der Waals surface area (Å²) in [6.45, 7) is 7.26. The second kappa shape index (κ2) is 7.75. The molecule has 3 nitrogen and oxygen atoms in total. The maximum absolute atomic E-state index is 5.93. The first-order valence-electron chi connectivity index (χ1n) is 6.90. The summed E-state index contributed by atoms with van der Waals surface area (Å²) in [6.07, 6.45) is 4.22. The van der Waals surface area contributed by atoms with Crippen LogP contribution >= 0.6 is 0 Å². The number of nitrogens with one attached hydrogen (secondary N) is 1. The highest BCUT2D eigenvalue weighted by molar-refractivity contribution is 5.93. The molecule has 0 fully saturated rings. The van der Waals surface area contributed by atoms with E-state index in [9.17, 15) is 0 Å². The van der Waals surface area contributed by atoms with Gasteiger partial charge in [0.05, 0.1) is 0 Å². The molecular formula is C15H25N3. The van der Waals surface area contributed by atoms with Crippen LogP contribution in [0.2, 0.25) is 0 Å². The number of nitrogens with two attached hydrogens (primary N) is 1. The van der Waals surface area contributed by atoms with Gasteiger partial charge in [0.15, 0.2) is 5.96 Å². The maximum atomic E-state index is 5.93. The number of nitrogens with zero attached hydrogens (tertiary/aromatic N) is 1. The summed E-state index contributed by atoms with van der Waals surface area (Å²) in [5.41, 5.74) is 9.66. The number of anilines is 1. The fourth-order valence-corrected chi connectivity index (χ4v) is 1.93. The third-order valence-electron chi connectivity index (χ3n) is 3.05. The van der Waals surface area contributed by atoms with Gasteiger partial charge in [0.2, 0.25) is 0 Å². The largest absolute Gasteiger partial charge is 0.370 e. The lowest BCUT2D eigenvalue weighted by Crippen LogP contribution is -2.24. The molecular weight excluding hydrogens is 222 g/mol. The first-order valence-corrected chi connectivity index (χ1v) is 6.90. The van der Waals surface area contributed by atoms with Crippen LogP contribution in [0.4, 0.5) is 5.69 Å². The molecule has 0 aliphatic rings. The van der Waals surface area contributed by atoms with Crippen molar-refractivity contribution in [3.63, 3.8) is 0 Å². The number of guanidine groups is 1. The number of unbranched alkanes of at least 4 members (excludes halogenated alkanes) is 1. The van der Waals surface area contributed by atoms with E-state index in [4.69, 9.17) is 5.73 Å². The lowest BCUT2D eigenvalue weighted by molar-refractivity contribution is 0.807. The number of hydrogen-bond acceptors (Lipinski definition) is 1.